The van der Waals surface area contributed by atoms with E-state index >= 15 is 0 Å². The average molecular weight is 750 g/mol. The smallest absolute Gasteiger partial charge is 0.449 e. The van der Waals surface area contributed by atoms with E-state index in [1.54, 1.807) is 0 Å². The Kier molecular flexibility index (Phi) is 11.4. The molecule has 0 saturated carbocycles. The Morgan fingerprint density at radius 1 is 0.481 bits per heavy atom. The minimum absolute atomic E-state index is 0.124. The summed E-state index contributed by atoms with van der Waals surface area (Å²) in [7, 11) is -9.68. The van der Waals surface area contributed by atoms with Crippen molar-refractivity contribution in [3.8, 4) is 34.5 Å². The Morgan fingerprint density at radius 3 is 1.27 bits per heavy atom. The Labute approximate surface area is 305 Å². The summed E-state index contributed by atoms with van der Waals surface area (Å²) < 4.78 is 57.2. The summed E-state index contributed by atoms with van der Waals surface area (Å²) in [5.41, 5.74) is 0. The molecule has 9 nitrogen and oxygen atoms in total. The lowest BCUT2D eigenvalue weighted by atomic mass is 10.3. The van der Waals surface area contributed by atoms with Crippen molar-refractivity contribution < 1.29 is 27.4 Å². The molecule has 7 rings (SSSR count). The molecule has 52 heavy (non-hydrogen) atoms. The van der Waals surface area contributed by atoms with Crippen LogP contribution in [-0.2, 0) is 0 Å². The summed E-state index contributed by atoms with van der Waals surface area (Å²) in [6.07, 6.45) is 0. The second-order valence-electron chi connectivity index (χ2n) is 11.5. The minimum atomic E-state index is -3.80. The fourth-order valence-electron chi connectivity index (χ4n) is 5.14. The van der Waals surface area contributed by atoms with Crippen LogP contribution in [0.1, 0.15) is 6.92 Å². The largest absolute Gasteiger partial charge is 0.491 e. The van der Waals surface area contributed by atoms with E-state index in [-0.39, 0.29) is 6.61 Å². The lowest BCUT2D eigenvalue weighted by Gasteiger charge is -2.34. The van der Waals surface area contributed by atoms with Gasteiger partial charge in [-0.3, -0.25) is 4.74 Å². The van der Waals surface area contributed by atoms with E-state index in [0.29, 0.717) is 34.5 Å². The molecule has 0 aromatic heterocycles. The molecule has 0 aliphatic carbocycles. The van der Waals surface area contributed by atoms with Crippen molar-refractivity contribution in [3.05, 3.63) is 182 Å². The molecule has 1 heterocycles. The van der Waals surface area contributed by atoms with E-state index in [4.69, 9.17) is 41.4 Å². The van der Waals surface area contributed by atoms with Gasteiger partial charge in [0.2, 0.25) is 0 Å². The quantitative estimate of drug-likeness (QED) is 0.109. The van der Waals surface area contributed by atoms with Crippen LogP contribution in [0.25, 0.3) is 0 Å². The molecule has 0 bridgehead atoms. The molecular weight excluding hydrogens is 711 g/mol. The summed E-state index contributed by atoms with van der Waals surface area (Å²) in [5, 5.41) is 0. The van der Waals surface area contributed by atoms with Gasteiger partial charge in [0, 0.05) is 0 Å². The maximum Gasteiger partial charge on any atom is 0.449 e. The monoisotopic (exact) mass is 749 g/mol. The second kappa shape index (κ2) is 16.9. The molecule has 0 saturated heterocycles. The highest BCUT2D eigenvalue weighted by atomic mass is 31.2. The predicted molar refractivity (Wildman–Crippen MR) is 210 cm³/mol. The second-order valence-corrected chi connectivity index (χ2v) is 17.9. The van der Waals surface area contributed by atoms with Crippen molar-refractivity contribution in [2.24, 2.45) is 14.0 Å². The first-order valence-corrected chi connectivity index (χ1v) is 21.4. The van der Waals surface area contributed by atoms with Gasteiger partial charge in [0.05, 0.1) is 0 Å². The molecule has 264 valence electrons. The Morgan fingerprint density at radius 2 is 0.846 bits per heavy atom. The SMILES string of the molecule is CC1/N=[PH](/Oc2ccccc2)C(COc2ccccc2)N=P(Oc2ccccc2)(Oc2ccccc2)N=P1(Oc1ccccc1)Oc1ccccc1. The van der Waals surface area contributed by atoms with Gasteiger partial charge in [0.25, 0.3) is 0 Å². The fourth-order valence-corrected chi connectivity index (χ4v) is 13.4. The van der Waals surface area contributed by atoms with Crippen molar-refractivity contribution in [3.63, 3.8) is 0 Å². The number of rotatable bonds is 13. The topological polar surface area (TPSA) is 92.5 Å². The van der Waals surface area contributed by atoms with Gasteiger partial charge < -0.3 is 27.4 Å². The average Bonchev–Trinajstić information content (AvgIpc) is 3.18. The van der Waals surface area contributed by atoms with Gasteiger partial charge in [-0.05, 0) is 79.7 Å². The molecule has 0 fully saturated rings. The summed E-state index contributed by atoms with van der Waals surface area (Å²) in [6, 6.07) is 56.9. The third-order valence-corrected chi connectivity index (χ3v) is 15.4. The minimum Gasteiger partial charge on any atom is -0.491 e. The molecule has 6 aromatic rings. The molecule has 0 spiro atoms. The molecule has 1 aliphatic rings. The van der Waals surface area contributed by atoms with E-state index in [1.807, 2.05) is 189 Å². The zero-order valence-electron chi connectivity index (χ0n) is 28.4. The van der Waals surface area contributed by atoms with E-state index in [0.717, 1.165) is 0 Å². The van der Waals surface area contributed by atoms with Gasteiger partial charge in [-0.15, -0.1) is 4.52 Å². The van der Waals surface area contributed by atoms with Crippen LogP contribution >= 0.6 is 23.1 Å². The van der Waals surface area contributed by atoms with Gasteiger partial charge in [-0.1, -0.05) is 109 Å². The number of para-hydroxylation sites is 6. The van der Waals surface area contributed by atoms with Gasteiger partial charge in [-0.25, -0.2) is 0 Å². The Balaban J connectivity index is 1.51. The van der Waals surface area contributed by atoms with Gasteiger partial charge in [0.15, 0.2) is 11.6 Å². The first-order valence-electron chi connectivity index (χ1n) is 16.8. The lowest BCUT2D eigenvalue weighted by molar-refractivity contribution is 0.313. The molecule has 12 heteroatoms. The highest BCUT2D eigenvalue weighted by molar-refractivity contribution is 7.69. The molecular formula is C40H38N3O6P3. The van der Waals surface area contributed by atoms with Gasteiger partial charge in [-0.2, -0.15) is 4.74 Å². The molecule has 0 radical (unpaired) electrons. The van der Waals surface area contributed by atoms with Crippen LogP contribution in [0.3, 0.4) is 0 Å². The van der Waals surface area contributed by atoms with Crippen molar-refractivity contribution in [2.45, 2.75) is 18.5 Å². The summed E-state index contributed by atoms with van der Waals surface area (Å²) >= 11 is 0. The zero-order chi connectivity index (χ0) is 35.5. The molecule has 0 amide bonds. The highest BCUT2D eigenvalue weighted by Crippen LogP contribution is 2.70. The highest BCUT2D eigenvalue weighted by Gasteiger charge is 2.44. The normalized spacial score (nSPS) is 19.1. The van der Waals surface area contributed by atoms with Gasteiger partial charge in [0.1, 0.15) is 49.0 Å². The summed E-state index contributed by atoms with van der Waals surface area (Å²) in [5.74, 6) is 2.15. The first kappa shape index (κ1) is 35.2. The fraction of sp³-hybridized carbons (Fsp3) is 0.100. The molecule has 3 unspecified atom stereocenters. The lowest BCUT2D eigenvalue weighted by Crippen LogP contribution is -2.20. The van der Waals surface area contributed by atoms with Crippen molar-refractivity contribution in [2.75, 3.05) is 6.61 Å². The number of benzene rings is 6. The van der Waals surface area contributed by atoms with Crippen molar-refractivity contribution >= 4 is 23.1 Å². The number of ether oxygens (including phenoxy) is 1. The first-order chi connectivity index (χ1) is 25.6. The van der Waals surface area contributed by atoms with Crippen LogP contribution in [0, 0.1) is 0 Å². The summed E-state index contributed by atoms with van der Waals surface area (Å²) in [6.45, 7) is 2.07. The molecule has 0 N–H and O–H groups in total. The Bertz CT molecular complexity index is 2070. The van der Waals surface area contributed by atoms with Crippen molar-refractivity contribution in [1.82, 2.24) is 0 Å². The maximum absolute atomic E-state index is 6.95. The molecule has 1 aliphatic heterocycles. The van der Waals surface area contributed by atoms with E-state index in [9.17, 15) is 0 Å². The van der Waals surface area contributed by atoms with E-state index < -0.39 is 34.7 Å². The predicted octanol–water partition coefficient (Wildman–Crippen LogP) is 12.4. The van der Waals surface area contributed by atoms with Crippen LogP contribution in [0.2, 0.25) is 0 Å². The third-order valence-electron chi connectivity index (χ3n) is 7.60. The van der Waals surface area contributed by atoms with Crippen LogP contribution in [0.15, 0.2) is 196 Å². The van der Waals surface area contributed by atoms with E-state index in [1.165, 1.54) is 0 Å². The number of nitrogens with zero attached hydrogens (tertiary/aromatic N) is 3. The third kappa shape index (κ3) is 9.18. The number of hydrogen-bond acceptors (Lipinski definition) is 9. The van der Waals surface area contributed by atoms with Crippen LogP contribution < -0.4 is 27.4 Å². The Hall–Kier alpha value is -5.19. The zero-order valence-corrected chi connectivity index (χ0v) is 31.2. The molecule has 3 atom stereocenters. The van der Waals surface area contributed by atoms with Crippen LogP contribution in [-0.4, -0.2) is 18.2 Å². The standard InChI is InChI=1S/C40H38N3O6P3/c1-33-41-50(45-35-22-10-3-11-23-35)40(32-44-34-20-8-2-9-21-34)42-52(48-38-28-16-6-17-29-38,49-39-30-18-7-19-31-39)43-51(33,46-36-24-12-4-13-25-36)47-37-26-14-5-15-27-37/h2-31,33,40,50H,32H2,1H3. The van der Waals surface area contributed by atoms with Crippen molar-refractivity contribution in [1.29, 1.82) is 0 Å². The van der Waals surface area contributed by atoms with Crippen LogP contribution in [0.5, 0.6) is 34.5 Å². The number of hydrogen-bond donors (Lipinski definition) is 0. The summed E-state index contributed by atoms with van der Waals surface area (Å²) in [4.78, 5) is 0. The van der Waals surface area contributed by atoms with E-state index in [2.05, 4.69) is 0 Å². The van der Waals surface area contributed by atoms with Crippen LogP contribution in [0.4, 0.5) is 0 Å². The maximum atomic E-state index is 6.95. The molecule has 6 aromatic carbocycles. The van der Waals surface area contributed by atoms with Gasteiger partial charge >= 0.3 is 15.2 Å².